The topological polar surface area (TPSA) is 73.2 Å². The number of ether oxygens (including phenoxy) is 1. The van der Waals surface area contributed by atoms with E-state index >= 15 is 0 Å². The molecule has 1 saturated carbocycles. The second kappa shape index (κ2) is 8.47. The molecule has 1 amide bonds. The number of amides is 1. The molecule has 8 heteroatoms. The molecule has 0 spiro atoms. The minimum atomic E-state index is -0.154. The molecule has 1 fully saturated rings. The van der Waals surface area contributed by atoms with E-state index in [1.54, 1.807) is 22.8 Å². The van der Waals surface area contributed by atoms with E-state index in [9.17, 15) is 9.59 Å². The Morgan fingerprint density at radius 3 is 2.86 bits per heavy atom. The van der Waals surface area contributed by atoms with Crippen LogP contribution < -0.4 is 15.6 Å². The average molecular weight is 430 g/mol. The number of carbonyl (C=O) groups is 1. The van der Waals surface area contributed by atoms with Crippen LogP contribution in [-0.2, 0) is 4.79 Å². The van der Waals surface area contributed by atoms with Gasteiger partial charge in [-0.2, -0.15) is 0 Å². The van der Waals surface area contributed by atoms with Gasteiger partial charge in [-0.05, 0) is 43.2 Å². The second-order valence-electron chi connectivity index (χ2n) is 6.81. The SMILES string of the molecule is COc1ccc(Cl)cc1NC(=O)CCSc1nc2ccccc2c(=O)n1C1CC1. The summed E-state index contributed by atoms with van der Waals surface area (Å²) in [6.45, 7) is 0. The van der Waals surface area contributed by atoms with Crippen LogP contribution in [-0.4, -0.2) is 28.3 Å². The van der Waals surface area contributed by atoms with Gasteiger partial charge in [0.25, 0.3) is 5.56 Å². The van der Waals surface area contributed by atoms with E-state index in [4.69, 9.17) is 16.3 Å². The summed E-state index contributed by atoms with van der Waals surface area (Å²) >= 11 is 7.44. The van der Waals surface area contributed by atoms with Crippen LogP contribution in [0.25, 0.3) is 10.9 Å². The number of aromatic nitrogens is 2. The smallest absolute Gasteiger partial charge is 0.262 e. The fourth-order valence-corrected chi connectivity index (χ4v) is 4.28. The lowest BCUT2D eigenvalue weighted by molar-refractivity contribution is -0.115. The summed E-state index contributed by atoms with van der Waals surface area (Å²) in [7, 11) is 1.54. The maximum atomic E-state index is 12.9. The van der Waals surface area contributed by atoms with Crippen LogP contribution in [0.5, 0.6) is 5.75 Å². The normalized spacial score (nSPS) is 13.4. The Bertz CT molecular complexity index is 1130. The van der Waals surface area contributed by atoms with Crippen molar-refractivity contribution >= 4 is 45.9 Å². The van der Waals surface area contributed by atoms with Crippen LogP contribution in [0.1, 0.15) is 25.3 Å². The molecule has 0 bridgehead atoms. The number of carbonyl (C=O) groups excluding carboxylic acids is 1. The maximum Gasteiger partial charge on any atom is 0.262 e. The highest BCUT2D eigenvalue weighted by Gasteiger charge is 2.28. The standard InChI is InChI=1S/C21H20ClN3O3S/c1-28-18-9-6-13(22)12-17(18)23-19(26)10-11-29-21-24-16-5-3-2-4-15(16)20(27)25(21)14-7-8-14/h2-6,9,12,14H,7-8,10-11H2,1H3,(H,23,26). The summed E-state index contributed by atoms with van der Waals surface area (Å²) < 4.78 is 7.03. The van der Waals surface area contributed by atoms with E-state index in [0.717, 1.165) is 12.8 Å². The molecule has 4 rings (SSSR count). The molecule has 0 aliphatic heterocycles. The number of nitrogens with zero attached hydrogens (tertiary/aromatic N) is 2. The van der Waals surface area contributed by atoms with Crippen molar-refractivity contribution in [1.29, 1.82) is 0 Å². The zero-order chi connectivity index (χ0) is 20.4. The fraction of sp³-hybridized carbons (Fsp3) is 0.286. The third-order valence-electron chi connectivity index (χ3n) is 4.68. The summed E-state index contributed by atoms with van der Waals surface area (Å²) in [5, 5.41) is 4.65. The van der Waals surface area contributed by atoms with Crippen LogP contribution in [0.15, 0.2) is 52.4 Å². The van der Waals surface area contributed by atoms with Crippen molar-refractivity contribution in [2.24, 2.45) is 0 Å². The van der Waals surface area contributed by atoms with Crippen molar-refractivity contribution < 1.29 is 9.53 Å². The van der Waals surface area contributed by atoms with Gasteiger partial charge in [-0.1, -0.05) is 35.5 Å². The number of halogens is 1. The van der Waals surface area contributed by atoms with Crippen LogP contribution in [0, 0.1) is 0 Å². The zero-order valence-corrected chi connectivity index (χ0v) is 17.4. The Balaban J connectivity index is 1.46. The maximum absolute atomic E-state index is 12.9. The largest absolute Gasteiger partial charge is 0.495 e. The lowest BCUT2D eigenvalue weighted by Gasteiger charge is -2.13. The van der Waals surface area contributed by atoms with Crippen LogP contribution in [0.4, 0.5) is 5.69 Å². The molecule has 0 radical (unpaired) electrons. The Hall–Kier alpha value is -2.51. The van der Waals surface area contributed by atoms with Gasteiger partial charge < -0.3 is 10.1 Å². The number of fused-ring (bicyclic) bond motifs is 1. The molecule has 3 aromatic rings. The third-order valence-corrected chi connectivity index (χ3v) is 5.87. The molecule has 1 aliphatic carbocycles. The summed E-state index contributed by atoms with van der Waals surface area (Å²) in [5.74, 6) is 0.903. The highest BCUT2D eigenvalue weighted by molar-refractivity contribution is 7.99. The minimum Gasteiger partial charge on any atom is -0.495 e. The Labute approximate surface area is 177 Å². The summed E-state index contributed by atoms with van der Waals surface area (Å²) in [5.41, 5.74) is 1.22. The summed E-state index contributed by atoms with van der Waals surface area (Å²) in [4.78, 5) is 29.9. The van der Waals surface area contributed by atoms with E-state index in [1.807, 2.05) is 24.3 Å². The van der Waals surface area contributed by atoms with Crippen molar-refractivity contribution in [3.05, 3.63) is 57.8 Å². The molecular formula is C21H20ClN3O3S. The van der Waals surface area contributed by atoms with E-state index in [1.165, 1.54) is 18.9 Å². The first-order valence-electron chi connectivity index (χ1n) is 9.34. The molecule has 1 N–H and O–H groups in total. The molecule has 1 aliphatic rings. The number of thioether (sulfide) groups is 1. The number of hydrogen-bond donors (Lipinski definition) is 1. The fourth-order valence-electron chi connectivity index (χ4n) is 3.11. The highest BCUT2D eigenvalue weighted by atomic mass is 35.5. The first-order valence-corrected chi connectivity index (χ1v) is 10.7. The highest BCUT2D eigenvalue weighted by Crippen LogP contribution is 2.37. The van der Waals surface area contributed by atoms with Gasteiger partial charge >= 0.3 is 0 Å². The van der Waals surface area contributed by atoms with Crippen molar-refractivity contribution in [3.8, 4) is 5.75 Å². The number of nitrogens with one attached hydrogen (secondary N) is 1. The van der Waals surface area contributed by atoms with Crippen LogP contribution in [0.2, 0.25) is 5.02 Å². The van der Waals surface area contributed by atoms with Crippen molar-refractivity contribution in [1.82, 2.24) is 9.55 Å². The van der Waals surface area contributed by atoms with Gasteiger partial charge in [0.05, 0.1) is 23.7 Å². The molecule has 0 saturated heterocycles. The second-order valence-corrected chi connectivity index (χ2v) is 8.31. The van der Waals surface area contributed by atoms with Crippen LogP contribution >= 0.6 is 23.4 Å². The molecule has 150 valence electrons. The van der Waals surface area contributed by atoms with Gasteiger partial charge in [0, 0.05) is 23.2 Å². The van der Waals surface area contributed by atoms with Gasteiger partial charge in [0.1, 0.15) is 5.75 Å². The third kappa shape index (κ3) is 4.41. The average Bonchev–Trinajstić information content (AvgIpc) is 3.53. The van der Waals surface area contributed by atoms with E-state index in [0.29, 0.717) is 38.3 Å². The molecular weight excluding hydrogens is 410 g/mol. The Kier molecular flexibility index (Phi) is 5.78. The molecule has 0 atom stereocenters. The molecule has 1 heterocycles. The number of methoxy groups -OCH3 is 1. The number of anilines is 1. The summed E-state index contributed by atoms with van der Waals surface area (Å²) in [6.07, 6.45) is 2.25. The van der Waals surface area contributed by atoms with Crippen molar-refractivity contribution in [3.63, 3.8) is 0 Å². The Morgan fingerprint density at radius 2 is 2.10 bits per heavy atom. The van der Waals surface area contributed by atoms with Crippen molar-refractivity contribution in [2.75, 3.05) is 18.2 Å². The number of benzene rings is 2. The molecule has 1 aromatic heterocycles. The predicted molar refractivity (Wildman–Crippen MR) is 116 cm³/mol. The van der Waals surface area contributed by atoms with E-state index in [2.05, 4.69) is 10.3 Å². The molecule has 29 heavy (non-hydrogen) atoms. The van der Waals surface area contributed by atoms with E-state index in [-0.39, 0.29) is 23.9 Å². The Morgan fingerprint density at radius 1 is 1.31 bits per heavy atom. The zero-order valence-electron chi connectivity index (χ0n) is 15.9. The van der Waals surface area contributed by atoms with Gasteiger partial charge in [0.2, 0.25) is 5.91 Å². The van der Waals surface area contributed by atoms with Crippen molar-refractivity contribution in [2.45, 2.75) is 30.5 Å². The van der Waals surface area contributed by atoms with E-state index < -0.39 is 0 Å². The number of para-hydroxylation sites is 1. The number of rotatable bonds is 7. The molecule has 6 nitrogen and oxygen atoms in total. The first-order chi connectivity index (χ1) is 14.1. The first kappa shape index (κ1) is 19.8. The lowest BCUT2D eigenvalue weighted by Crippen LogP contribution is -2.22. The van der Waals surface area contributed by atoms with Gasteiger partial charge in [-0.15, -0.1) is 0 Å². The minimum absolute atomic E-state index is 0.00582. The molecule has 2 aromatic carbocycles. The predicted octanol–water partition coefficient (Wildman–Crippen LogP) is 4.51. The lowest BCUT2D eigenvalue weighted by atomic mass is 10.2. The van der Waals surface area contributed by atoms with Gasteiger partial charge in [-0.3, -0.25) is 14.2 Å². The quantitative estimate of drug-likeness (QED) is 0.441. The summed E-state index contributed by atoms with van der Waals surface area (Å²) in [6, 6.07) is 12.7. The van der Waals surface area contributed by atoms with Crippen LogP contribution in [0.3, 0.4) is 0 Å². The monoisotopic (exact) mass is 429 g/mol. The molecule has 0 unspecified atom stereocenters. The van der Waals surface area contributed by atoms with Gasteiger partial charge in [-0.25, -0.2) is 4.98 Å². The number of hydrogen-bond acceptors (Lipinski definition) is 5. The van der Waals surface area contributed by atoms with Gasteiger partial charge in [0.15, 0.2) is 5.16 Å².